The number of carbonyl (C=O) groups excluding carboxylic acids is 2. The fourth-order valence-corrected chi connectivity index (χ4v) is 3.30. The summed E-state index contributed by atoms with van der Waals surface area (Å²) >= 11 is 0. The predicted molar refractivity (Wildman–Crippen MR) is 105 cm³/mol. The zero-order chi connectivity index (χ0) is 19.5. The molecule has 1 aromatic heterocycles. The third-order valence-electron chi connectivity index (χ3n) is 4.70. The fraction of sp³-hybridized carbons (Fsp3) is 0.174. The maximum Gasteiger partial charge on any atom is 0.262 e. The highest BCUT2D eigenvalue weighted by molar-refractivity contribution is 6.21. The molecule has 0 saturated carbocycles. The summed E-state index contributed by atoms with van der Waals surface area (Å²) in [6.45, 7) is 2.35. The van der Waals surface area contributed by atoms with E-state index in [4.69, 9.17) is 4.74 Å². The predicted octanol–water partition coefficient (Wildman–Crippen LogP) is 4.62. The van der Waals surface area contributed by atoms with Gasteiger partial charge in [-0.3, -0.25) is 19.5 Å². The Kier molecular flexibility index (Phi) is 4.89. The van der Waals surface area contributed by atoms with E-state index in [9.17, 15) is 9.59 Å². The summed E-state index contributed by atoms with van der Waals surface area (Å²) in [5.41, 5.74) is 2.84. The average Bonchev–Trinajstić information content (AvgIpc) is 2.95. The van der Waals surface area contributed by atoms with Crippen molar-refractivity contribution in [3.05, 3.63) is 89.2 Å². The Balaban J connectivity index is 1.53. The number of ether oxygens (including phenoxy) is 1. The molecule has 0 N–H and O–H groups in total. The molecule has 140 valence electrons. The van der Waals surface area contributed by atoms with Crippen LogP contribution < -0.4 is 4.74 Å². The van der Waals surface area contributed by atoms with Gasteiger partial charge in [0.2, 0.25) is 0 Å². The Labute approximate surface area is 163 Å². The topological polar surface area (TPSA) is 59.5 Å². The molecule has 5 heteroatoms. The van der Waals surface area contributed by atoms with Gasteiger partial charge >= 0.3 is 0 Å². The van der Waals surface area contributed by atoms with Gasteiger partial charge in [-0.1, -0.05) is 31.5 Å². The van der Waals surface area contributed by atoms with Crippen molar-refractivity contribution >= 4 is 11.8 Å². The average molecular weight is 372 g/mol. The van der Waals surface area contributed by atoms with Crippen LogP contribution in [0, 0.1) is 0 Å². The summed E-state index contributed by atoms with van der Waals surface area (Å²) in [5, 5.41) is 0. The number of aryl methyl sites for hydroxylation is 1. The van der Waals surface area contributed by atoms with Crippen molar-refractivity contribution in [3.63, 3.8) is 0 Å². The Morgan fingerprint density at radius 3 is 2.36 bits per heavy atom. The number of benzene rings is 2. The van der Waals surface area contributed by atoms with Gasteiger partial charge in [-0.2, -0.15) is 0 Å². The Bertz CT molecular complexity index is 1010. The molecular weight excluding hydrogens is 352 g/mol. The van der Waals surface area contributed by atoms with Crippen molar-refractivity contribution in [2.45, 2.75) is 26.3 Å². The van der Waals surface area contributed by atoms with E-state index in [2.05, 4.69) is 11.9 Å². The van der Waals surface area contributed by atoms with Crippen LogP contribution in [0.15, 0.2) is 67.0 Å². The molecule has 0 fully saturated rings. The van der Waals surface area contributed by atoms with E-state index in [1.807, 2.05) is 30.3 Å². The first-order valence-electron chi connectivity index (χ1n) is 9.31. The number of carbonyl (C=O) groups is 2. The first-order chi connectivity index (χ1) is 13.7. The first-order valence-corrected chi connectivity index (χ1v) is 9.31. The third kappa shape index (κ3) is 3.51. The summed E-state index contributed by atoms with van der Waals surface area (Å²) in [6.07, 6.45) is 5.43. The van der Waals surface area contributed by atoms with Crippen LogP contribution in [0.2, 0.25) is 0 Å². The molecule has 0 bridgehead atoms. The van der Waals surface area contributed by atoms with Crippen LogP contribution in [-0.4, -0.2) is 21.7 Å². The van der Waals surface area contributed by atoms with Gasteiger partial charge in [-0.15, -0.1) is 0 Å². The van der Waals surface area contributed by atoms with Crippen molar-refractivity contribution < 1.29 is 14.3 Å². The van der Waals surface area contributed by atoms with Gasteiger partial charge in [-0.05, 0) is 53.9 Å². The van der Waals surface area contributed by atoms with Gasteiger partial charge in [0.25, 0.3) is 11.8 Å². The highest BCUT2D eigenvalue weighted by Gasteiger charge is 2.35. The minimum Gasteiger partial charge on any atom is -0.457 e. The molecule has 3 aromatic rings. The second-order valence-electron chi connectivity index (χ2n) is 6.76. The lowest BCUT2D eigenvalue weighted by Crippen LogP contribution is -2.29. The molecule has 0 unspecified atom stereocenters. The van der Waals surface area contributed by atoms with E-state index < -0.39 is 0 Å². The molecule has 4 rings (SSSR count). The number of rotatable bonds is 6. The number of amides is 2. The number of fused-ring (bicyclic) bond motifs is 1. The van der Waals surface area contributed by atoms with Crippen molar-refractivity contribution in [3.8, 4) is 11.5 Å². The Hall–Kier alpha value is -3.47. The normalized spacial score (nSPS) is 13.0. The van der Waals surface area contributed by atoms with E-state index in [0.717, 1.165) is 18.4 Å². The molecule has 2 heterocycles. The number of hydrogen-bond acceptors (Lipinski definition) is 4. The standard InChI is InChI=1S/C23H20N2O3/c1-2-4-16-6-8-18(9-7-16)28-19-10-11-20-21(13-19)23(27)25(22(20)26)15-17-5-3-12-24-14-17/h3,5-14H,2,4,15H2,1H3. The van der Waals surface area contributed by atoms with E-state index in [0.29, 0.717) is 22.6 Å². The molecule has 2 amide bonds. The number of aromatic nitrogens is 1. The van der Waals surface area contributed by atoms with Gasteiger partial charge in [0.1, 0.15) is 11.5 Å². The maximum absolute atomic E-state index is 12.8. The van der Waals surface area contributed by atoms with Crippen LogP contribution in [0.25, 0.3) is 0 Å². The number of hydrogen-bond donors (Lipinski definition) is 0. The molecule has 1 aliphatic rings. The quantitative estimate of drug-likeness (QED) is 0.592. The highest BCUT2D eigenvalue weighted by atomic mass is 16.5. The minimum atomic E-state index is -0.312. The third-order valence-corrected chi connectivity index (χ3v) is 4.70. The molecule has 0 radical (unpaired) electrons. The molecule has 0 saturated heterocycles. The zero-order valence-corrected chi connectivity index (χ0v) is 15.6. The molecule has 2 aromatic carbocycles. The van der Waals surface area contributed by atoms with Gasteiger partial charge < -0.3 is 4.74 Å². The monoisotopic (exact) mass is 372 g/mol. The molecule has 0 atom stereocenters. The van der Waals surface area contributed by atoms with Crippen LogP contribution in [0.1, 0.15) is 45.2 Å². The fourth-order valence-electron chi connectivity index (χ4n) is 3.30. The molecule has 5 nitrogen and oxygen atoms in total. The molecule has 28 heavy (non-hydrogen) atoms. The van der Waals surface area contributed by atoms with E-state index in [-0.39, 0.29) is 18.4 Å². The molecule has 1 aliphatic heterocycles. The van der Waals surface area contributed by atoms with Crippen molar-refractivity contribution in [2.75, 3.05) is 0 Å². The second kappa shape index (κ2) is 7.64. The summed E-state index contributed by atoms with van der Waals surface area (Å²) in [7, 11) is 0. The Morgan fingerprint density at radius 1 is 0.893 bits per heavy atom. The van der Waals surface area contributed by atoms with Crippen LogP contribution in [0.4, 0.5) is 0 Å². The summed E-state index contributed by atoms with van der Waals surface area (Å²) in [6, 6.07) is 16.5. The smallest absolute Gasteiger partial charge is 0.262 e. The lowest BCUT2D eigenvalue weighted by Gasteiger charge is -2.13. The van der Waals surface area contributed by atoms with E-state index in [1.54, 1.807) is 36.7 Å². The summed E-state index contributed by atoms with van der Waals surface area (Å²) in [5.74, 6) is 0.627. The van der Waals surface area contributed by atoms with E-state index in [1.165, 1.54) is 10.5 Å². The zero-order valence-electron chi connectivity index (χ0n) is 15.6. The second-order valence-corrected chi connectivity index (χ2v) is 6.76. The number of pyridine rings is 1. The van der Waals surface area contributed by atoms with Crippen molar-refractivity contribution in [2.24, 2.45) is 0 Å². The number of nitrogens with zero attached hydrogens (tertiary/aromatic N) is 2. The summed E-state index contributed by atoms with van der Waals surface area (Å²) in [4.78, 5) is 30.7. The van der Waals surface area contributed by atoms with E-state index >= 15 is 0 Å². The minimum absolute atomic E-state index is 0.204. The van der Waals surface area contributed by atoms with Gasteiger partial charge in [0.05, 0.1) is 17.7 Å². The maximum atomic E-state index is 12.8. The van der Waals surface area contributed by atoms with Crippen LogP contribution in [-0.2, 0) is 13.0 Å². The van der Waals surface area contributed by atoms with Crippen LogP contribution in [0.5, 0.6) is 11.5 Å². The number of imide groups is 1. The Morgan fingerprint density at radius 2 is 1.64 bits per heavy atom. The summed E-state index contributed by atoms with van der Waals surface area (Å²) < 4.78 is 5.88. The molecule has 0 aliphatic carbocycles. The van der Waals surface area contributed by atoms with Crippen LogP contribution in [0.3, 0.4) is 0 Å². The molecule has 0 spiro atoms. The lowest BCUT2D eigenvalue weighted by molar-refractivity contribution is 0.0642. The first kappa shape index (κ1) is 17.9. The van der Waals surface area contributed by atoms with Gasteiger partial charge in [0, 0.05) is 12.4 Å². The SMILES string of the molecule is CCCc1ccc(Oc2ccc3c(c2)C(=O)N(Cc2cccnc2)C3=O)cc1. The van der Waals surface area contributed by atoms with Crippen molar-refractivity contribution in [1.29, 1.82) is 0 Å². The van der Waals surface area contributed by atoms with Gasteiger partial charge in [-0.25, -0.2) is 0 Å². The van der Waals surface area contributed by atoms with Crippen LogP contribution >= 0.6 is 0 Å². The van der Waals surface area contributed by atoms with Gasteiger partial charge in [0.15, 0.2) is 0 Å². The largest absolute Gasteiger partial charge is 0.457 e. The molecular formula is C23H20N2O3. The highest BCUT2D eigenvalue weighted by Crippen LogP contribution is 2.30. The lowest BCUT2D eigenvalue weighted by atomic mass is 10.1. The van der Waals surface area contributed by atoms with Crippen molar-refractivity contribution in [1.82, 2.24) is 9.88 Å².